The SMILES string of the molecule is CCc1cc(=O)n2nc(N[C@@H]3CCCc4ccc(C(C)C)cc43)sc2n1. The average molecular weight is 369 g/mol. The summed E-state index contributed by atoms with van der Waals surface area (Å²) < 4.78 is 1.40. The van der Waals surface area contributed by atoms with Gasteiger partial charge in [-0.3, -0.25) is 4.79 Å². The van der Waals surface area contributed by atoms with Gasteiger partial charge in [-0.1, -0.05) is 50.3 Å². The van der Waals surface area contributed by atoms with E-state index in [2.05, 4.69) is 47.4 Å². The second-order valence-electron chi connectivity index (χ2n) is 7.24. The predicted octanol–water partition coefficient (Wildman–Crippen LogP) is 4.33. The summed E-state index contributed by atoms with van der Waals surface area (Å²) in [5.74, 6) is 0.514. The molecule has 2 aromatic heterocycles. The number of anilines is 1. The van der Waals surface area contributed by atoms with Crippen molar-refractivity contribution in [2.75, 3.05) is 5.32 Å². The van der Waals surface area contributed by atoms with Gasteiger partial charge in [0.15, 0.2) is 0 Å². The highest BCUT2D eigenvalue weighted by molar-refractivity contribution is 7.20. The van der Waals surface area contributed by atoms with Crippen LogP contribution in [0.25, 0.3) is 4.96 Å². The zero-order valence-corrected chi connectivity index (χ0v) is 16.3. The van der Waals surface area contributed by atoms with E-state index in [1.807, 2.05) is 6.92 Å². The minimum absolute atomic E-state index is 0.109. The van der Waals surface area contributed by atoms with Crippen LogP contribution in [0.15, 0.2) is 29.1 Å². The van der Waals surface area contributed by atoms with E-state index in [1.165, 1.54) is 32.5 Å². The Morgan fingerprint density at radius 2 is 2.19 bits per heavy atom. The first-order valence-corrected chi connectivity index (χ1v) is 10.2. The zero-order chi connectivity index (χ0) is 18.3. The van der Waals surface area contributed by atoms with E-state index in [0.717, 1.165) is 36.5 Å². The van der Waals surface area contributed by atoms with Gasteiger partial charge in [0, 0.05) is 11.8 Å². The fraction of sp³-hybridized carbons (Fsp3) is 0.450. The number of aryl methyl sites for hydroxylation is 2. The van der Waals surface area contributed by atoms with Crippen LogP contribution in [0.4, 0.5) is 5.13 Å². The third-order valence-electron chi connectivity index (χ3n) is 5.11. The molecule has 136 valence electrons. The fourth-order valence-electron chi connectivity index (χ4n) is 3.57. The summed E-state index contributed by atoms with van der Waals surface area (Å²) in [5, 5.41) is 8.79. The molecule has 0 radical (unpaired) electrons. The monoisotopic (exact) mass is 368 g/mol. The van der Waals surface area contributed by atoms with E-state index in [1.54, 1.807) is 6.07 Å². The van der Waals surface area contributed by atoms with Gasteiger partial charge in [-0.15, -0.1) is 5.10 Å². The summed E-state index contributed by atoms with van der Waals surface area (Å²) in [5.41, 5.74) is 4.86. The van der Waals surface area contributed by atoms with Crippen molar-refractivity contribution in [2.24, 2.45) is 0 Å². The predicted molar refractivity (Wildman–Crippen MR) is 106 cm³/mol. The van der Waals surface area contributed by atoms with Crippen LogP contribution in [0.3, 0.4) is 0 Å². The number of nitrogens with one attached hydrogen (secondary N) is 1. The number of rotatable bonds is 4. The quantitative estimate of drug-likeness (QED) is 0.745. The molecule has 0 unspecified atom stereocenters. The first kappa shape index (κ1) is 17.2. The Morgan fingerprint density at radius 3 is 2.96 bits per heavy atom. The molecule has 3 aromatic rings. The van der Waals surface area contributed by atoms with Gasteiger partial charge in [0.1, 0.15) is 0 Å². The van der Waals surface area contributed by atoms with Crippen LogP contribution in [-0.4, -0.2) is 14.6 Å². The Kier molecular flexibility index (Phi) is 4.53. The lowest BCUT2D eigenvalue weighted by Crippen LogP contribution is -2.19. The van der Waals surface area contributed by atoms with Crippen molar-refractivity contribution in [3.8, 4) is 0 Å². The van der Waals surface area contributed by atoms with Crippen molar-refractivity contribution in [2.45, 2.75) is 58.4 Å². The highest BCUT2D eigenvalue weighted by Gasteiger charge is 2.22. The third kappa shape index (κ3) is 3.14. The summed E-state index contributed by atoms with van der Waals surface area (Å²) in [4.78, 5) is 17.4. The van der Waals surface area contributed by atoms with Gasteiger partial charge < -0.3 is 5.32 Å². The van der Waals surface area contributed by atoms with Crippen molar-refractivity contribution in [3.63, 3.8) is 0 Å². The minimum atomic E-state index is -0.109. The number of benzene rings is 1. The number of fused-ring (bicyclic) bond motifs is 2. The molecule has 1 aliphatic rings. The van der Waals surface area contributed by atoms with Crippen molar-refractivity contribution >= 4 is 21.4 Å². The lowest BCUT2D eigenvalue weighted by molar-refractivity contribution is 0.597. The smallest absolute Gasteiger partial charge is 0.275 e. The number of aromatic nitrogens is 3. The molecular weight excluding hydrogens is 344 g/mol. The van der Waals surface area contributed by atoms with Crippen LogP contribution in [0, 0.1) is 0 Å². The topological polar surface area (TPSA) is 59.3 Å². The third-order valence-corrected chi connectivity index (χ3v) is 5.95. The summed E-state index contributed by atoms with van der Waals surface area (Å²) in [7, 11) is 0. The van der Waals surface area contributed by atoms with E-state index in [4.69, 9.17) is 0 Å². The van der Waals surface area contributed by atoms with Crippen LogP contribution in [0.5, 0.6) is 0 Å². The van der Waals surface area contributed by atoms with Crippen LogP contribution in [0.2, 0.25) is 0 Å². The Morgan fingerprint density at radius 1 is 1.35 bits per heavy atom. The zero-order valence-electron chi connectivity index (χ0n) is 15.5. The molecule has 0 fully saturated rings. The van der Waals surface area contributed by atoms with E-state index in [9.17, 15) is 4.79 Å². The lowest BCUT2D eigenvalue weighted by Gasteiger charge is -2.27. The normalized spacial score (nSPS) is 16.8. The van der Waals surface area contributed by atoms with Crippen molar-refractivity contribution in [3.05, 3.63) is 57.0 Å². The first-order chi connectivity index (χ1) is 12.5. The molecule has 1 atom stereocenters. The molecule has 0 aliphatic heterocycles. The molecule has 0 amide bonds. The molecule has 2 heterocycles. The average Bonchev–Trinajstić information content (AvgIpc) is 3.04. The fourth-order valence-corrected chi connectivity index (χ4v) is 4.45. The molecule has 1 aliphatic carbocycles. The Balaban J connectivity index is 1.68. The van der Waals surface area contributed by atoms with Gasteiger partial charge in [-0.25, -0.2) is 4.98 Å². The number of nitrogens with zero attached hydrogens (tertiary/aromatic N) is 3. The molecule has 0 spiro atoms. The standard InChI is InChI=1S/C20H24N4OS/c1-4-15-11-18(25)24-20(21-15)26-19(23-24)22-17-7-5-6-13-8-9-14(12(2)3)10-16(13)17/h8-12,17H,4-7H2,1-3H3,(H,22,23)/t17-/m1/s1. The van der Waals surface area contributed by atoms with Crippen molar-refractivity contribution < 1.29 is 0 Å². The van der Waals surface area contributed by atoms with Gasteiger partial charge >= 0.3 is 0 Å². The molecule has 1 N–H and O–H groups in total. The first-order valence-electron chi connectivity index (χ1n) is 9.34. The number of hydrogen-bond acceptors (Lipinski definition) is 5. The second-order valence-corrected chi connectivity index (χ2v) is 8.20. The molecule has 5 nitrogen and oxygen atoms in total. The van der Waals surface area contributed by atoms with Gasteiger partial charge in [0.05, 0.1) is 6.04 Å². The molecule has 0 bridgehead atoms. The molecule has 4 rings (SSSR count). The van der Waals surface area contributed by atoms with E-state index >= 15 is 0 Å². The summed E-state index contributed by atoms with van der Waals surface area (Å²) >= 11 is 1.45. The summed E-state index contributed by atoms with van der Waals surface area (Å²) in [6, 6.07) is 8.67. The highest BCUT2D eigenvalue weighted by atomic mass is 32.1. The Bertz CT molecular complexity index is 1000. The highest BCUT2D eigenvalue weighted by Crippen LogP contribution is 2.35. The van der Waals surface area contributed by atoms with Crippen LogP contribution in [0.1, 0.15) is 68.0 Å². The largest absolute Gasteiger partial charge is 0.353 e. The maximum absolute atomic E-state index is 12.2. The maximum atomic E-state index is 12.2. The van der Waals surface area contributed by atoms with E-state index in [-0.39, 0.29) is 11.6 Å². The molecule has 26 heavy (non-hydrogen) atoms. The Labute approximate surface area is 157 Å². The van der Waals surface area contributed by atoms with Crippen LogP contribution in [-0.2, 0) is 12.8 Å². The maximum Gasteiger partial charge on any atom is 0.275 e. The van der Waals surface area contributed by atoms with Crippen molar-refractivity contribution in [1.29, 1.82) is 0 Å². The van der Waals surface area contributed by atoms with Gasteiger partial charge in [0.25, 0.3) is 5.56 Å². The lowest BCUT2D eigenvalue weighted by atomic mass is 9.85. The van der Waals surface area contributed by atoms with Gasteiger partial charge in [0.2, 0.25) is 10.1 Å². The minimum Gasteiger partial charge on any atom is -0.353 e. The second kappa shape index (κ2) is 6.83. The number of hydrogen-bond donors (Lipinski definition) is 1. The molecule has 0 saturated carbocycles. The molecular formula is C20H24N4OS. The molecule has 6 heteroatoms. The Hall–Kier alpha value is -2.21. The molecule has 0 saturated heterocycles. The summed E-state index contributed by atoms with van der Waals surface area (Å²) in [6.45, 7) is 6.46. The van der Waals surface area contributed by atoms with E-state index in [0.29, 0.717) is 10.9 Å². The van der Waals surface area contributed by atoms with Crippen LogP contribution < -0.4 is 10.9 Å². The van der Waals surface area contributed by atoms with Gasteiger partial charge in [-0.2, -0.15) is 4.52 Å². The van der Waals surface area contributed by atoms with Gasteiger partial charge in [-0.05, 0) is 48.3 Å². The molecule has 1 aromatic carbocycles. The van der Waals surface area contributed by atoms with Crippen LogP contribution >= 0.6 is 11.3 Å². The summed E-state index contributed by atoms with van der Waals surface area (Å²) in [6.07, 6.45) is 4.12. The van der Waals surface area contributed by atoms with Crippen molar-refractivity contribution in [1.82, 2.24) is 14.6 Å². The van der Waals surface area contributed by atoms with E-state index < -0.39 is 0 Å².